The number of aromatic nitrogens is 1. The van der Waals surface area contributed by atoms with Gasteiger partial charge in [0.25, 0.3) is 0 Å². The highest BCUT2D eigenvalue weighted by molar-refractivity contribution is 6.24. The zero-order valence-corrected chi connectivity index (χ0v) is 12.4. The van der Waals surface area contributed by atoms with Gasteiger partial charge < -0.3 is 4.90 Å². The molecular formula is C16H19ClN2O. The van der Waals surface area contributed by atoms with Gasteiger partial charge in [-0.25, -0.2) is 0 Å². The summed E-state index contributed by atoms with van der Waals surface area (Å²) in [4.78, 5) is 19.2. The third-order valence-corrected chi connectivity index (χ3v) is 5.11. The molecule has 0 radical (unpaired) electrons. The molecule has 20 heavy (non-hydrogen) atoms. The van der Waals surface area contributed by atoms with E-state index in [1.807, 2.05) is 4.90 Å². The summed E-state index contributed by atoms with van der Waals surface area (Å²) in [7, 11) is 0. The van der Waals surface area contributed by atoms with Crippen molar-refractivity contribution < 1.29 is 4.79 Å². The van der Waals surface area contributed by atoms with Crippen LogP contribution < -0.4 is 4.90 Å². The molecule has 4 rings (SSSR count). The van der Waals surface area contributed by atoms with Gasteiger partial charge in [-0.15, -0.1) is 11.6 Å². The van der Waals surface area contributed by atoms with Crippen molar-refractivity contribution in [2.24, 2.45) is 0 Å². The molecule has 1 amide bonds. The van der Waals surface area contributed by atoms with Crippen LogP contribution in [0.2, 0.25) is 0 Å². The minimum Gasteiger partial charge on any atom is -0.310 e. The van der Waals surface area contributed by atoms with Crippen molar-refractivity contribution >= 4 is 23.2 Å². The van der Waals surface area contributed by atoms with Crippen LogP contribution in [-0.2, 0) is 30.5 Å². The molecule has 1 aliphatic heterocycles. The standard InChI is InChI=1S/C16H19ClN2O/c17-10-8-15(20)19(9-10)16-11-4-1-2-6-13(11)18-14-7-3-5-12(14)16/h10H,1-9H2. The topological polar surface area (TPSA) is 33.2 Å². The summed E-state index contributed by atoms with van der Waals surface area (Å²) in [6.07, 6.45) is 8.38. The third kappa shape index (κ3) is 1.86. The maximum absolute atomic E-state index is 12.3. The number of fused-ring (bicyclic) bond motifs is 2. The number of aryl methyl sites for hydroxylation is 2. The van der Waals surface area contributed by atoms with Crippen LogP contribution in [0.15, 0.2) is 0 Å². The summed E-state index contributed by atoms with van der Waals surface area (Å²) in [6, 6.07) is 0. The lowest BCUT2D eigenvalue weighted by Gasteiger charge is -2.27. The Morgan fingerprint density at radius 1 is 1.00 bits per heavy atom. The normalized spacial score (nSPS) is 24.9. The largest absolute Gasteiger partial charge is 0.310 e. The molecule has 3 nitrogen and oxygen atoms in total. The number of hydrogen-bond donors (Lipinski definition) is 0. The highest BCUT2D eigenvalue weighted by atomic mass is 35.5. The zero-order valence-electron chi connectivity index (χ0n) is 11.6. The molecule has 1 fully saturated rings. The molecule has 1 aromatic rings. The first-order valence-corrected chi connectivity index (χ1v) is 8.15. The van der Waals surface area contributed by atoms with Crippen LogP contribution >= 0.6 is 11.6 Å². The number of nitrogens with zero attached hydrogens (tertiary/aromatic N) is 2. The number of carbonyl (C=O) groups is 1. The van der Waals surface area contributed by atoms with Gasteiger partial charge in [-0.2, -0.15) is 0 Å². The number of amides is 1. The fourth-order valence-corrected chi connectivity index (χ4v) is 4.20. The van der Waals surface area contributed by atoms with Crippen LogP contribution in [-0.4, -0.2) is 22.8 Å². The van der Waals surface area contributed by atoms with E-state index in [0.717, 1.165) is 25.7 Å². The van der Waals surface area contributed by atoms with Crippen LogP contribution in [0.5, 0.6) is 0 Å². The summed E-state index contributed by atoms with van der Waals surface area (Å²) in [6.45, 7) is 0.670. The Labute approximate surface area is 124 Å². The molecule has 0 aromatic carbocycles. The fraction of sp³-hybridized carbons (Fsp3) is 0.625. The SMILES string of the molecule is O=C1CC(Cl)CN1c1c2c(nc3c1CCC3)CCCC2. The lowest BCUT2D eigenvalue weighted by atomic mass is 9.91. The second kappa shape index (κ2) is 4.73. The quantitative estimate of drug-likeness (QED) is 0.745. The van der Waals surface area contributed by atoms with E-state index in [4.69, 9.17) is 16.6 Å². The molecule has 1 aromatic heterocycles. The number of halogens is 1. The number of rotatable bonds is 1. The number of carbonyl (C=O) groups excluding carboxylic acids is 1. The maximum atomic E-state index is 12.3. The molecule has 3 aliphatic rings. The minimum atomic E-state index is -0.0352. The average molecular weight is 291 g/mol. The summed E-state index contributed by atoms with van der Waals surface area (Å²) < 4.78 is 0. The number of pyridine rings is 1. The molecule has 2 heterocycles. The van der Waals surface area contributed by atoms with Crippen molar-refractivity contribution in [3.63, 3.8) is 0 Å². The molecule has 106 valence electrons. The predicted molar refractivity (Wildman–Crippen MR) is 79.5 cm³/mol. The minimum absolute atomic E-state index is 0.0352. The van der Waals surface area contributed by atoms with Crippen molar-refractivity contribution in [2.45, 2.75) is 56.7 Å². The Morgan fingerprint density at radius 2 is 1.65 bits per heavy atom. The second-order valence-electron chi connectivity index (χ2n) is 6.18. The Balaban J connectivity index is 1.89. The maximum Gasteiger partial charge on any atom is 0.228 e. The summed E-state index contributed by atoms with van der Waals surface area (Å²) >= 11 is 6.21. The van der Waals surface area contributed by atoms with E-state index < -0.39 is 0 Å². The molecule has 0 bridgehead atoms. The van der Waals surface area contributed by atoms with E-state index in [-0.39, 0.29) is 11.3 Å². The van der Waals surface area contributed by atoms with Crippen molar-refractivity contribution in [1.82, 2.24) is 4.98 Å². The Morgan fingerprint density at radius 3 is 2.35 bits per heavy atom. The van der Waals surface area contributed by atoms with Gasteiger partial charge in [-0.1, -0.05) is 0 Å². The van der Waals surface area contributed by atoms with Crippen LogP contribution in [0.25, 0.3) is 0 Å². The lowest BCUT2D eigenvalue weighted by molar-refractivity contribution is -0.117. The third-order valence-electron chi connectivity index (χ3n) is 4.82. The van der Waals surface area contributed by atoms with Crippen LogP contribution in [0.3, 0.4) is 0 Å². The van der Waals surface area contributed by atoms with Gasteiger partial charge in [-0.3, -0.25) is 9.78 Å². The van der Waals surface area contributed by atoms with Crippen LogP contribution in [0.4, 0.5) is 5.69 Å². The van der Waals surface area contributed by atoms with Crippen LogP contribution in [0.1, 0.15) is 48.2 Å². The van der Waals surface area contributed by atoms with E-state index in [9.17, 15) is 4.79 Å². The molecule has 1 atom stereocenters. The van der Waals surface area contributed by atoms with E-state index in [1.165, 1.54) is 47.5 Å². The van der Waals surface area contributed by atoms with Crippen molar-refractivity contribution in [3.8, 4) is 0 Å². The molecular weight excluding hydrogens is 272 g/mol. The molecule has 0 saturated carbocycles. The number of anilines is 1. The van der Waals surface area contributed by atoms with Gasteiger partial charge in [0.05, 0.1) is 11.1 Å². The van der Waals surface area contributed by atoms with Crippen molar-refractivity contribution in [2.75, 3.05) is 11.4 Å². The smallest absolute Gasteiger partial charge is 0.228 e. The molecule has 2 aliphatic carbocycles. The lowest BCUT2D eigenvalue weighted by Crippen LogP contribution is -2.28. The van der Waals surface area contributed by atoms with E-state index in [1.54, 1.807) is 0 Å². The van der Waals surface area contributed by atoms with Crippen molar-refractivity contribution in [1.29, 1.82) is 0 Å². The number of alkyl halides is 1. The fourth-order valence-electron chi connectivity index (χ4n) is 3.93. The average Bonchev–Trinajstić information content (AvgIpc) is 3.02. The Bertz CT molecular complexity index is 584. The summed E-state index contributed by atoms with van der Waals surface area (Å²) in [5.41, 5.74) is 6.38. The van der Waals surface area contributed by atoms with Gasteiger partial charge >= 0.3 is 0 Å². The first-order chi connectivity index (χ1) is 9.74. The predicted octanol–water partition coefficient (Wildman–Crippen LogP) is 2.79. The molecule has 1 unspecified atom stereocenters. The first kappa shape index (κ1) is 12.6. The molecule has 0 spiro atoms. The molecule has 0 N–H and O–H groups in total. The molecule has 4 heteroatoms. The Hall–Kier alpha value is -1.09. The molecule has 1 saturated heterocycles. The highest BCUT2D eigenvalue weighted by Gasteiger charge is 2.35. The zero-order chi connectivity index (χ0) is 13.7. The van der Waals surface area contributed by atoms with Gasteiger partial charge in [0, 0.05) is 24.4 Å². The Kier molecular flexibility index (Phi) is 2.99. The van der Waals surface area contributed by atoms with Gasteiger partial charge in [0.15, 0.2) is 0 Å². The van der Waals surface area contributed by atoms with Gasteiger partial charge in [0.1, 0.15) is 0 Å². The van der Waals surface area contributed by atoms with E-state index >= 15 is 0 Å². The second-order valence-corrected chi connectivity index (χ2v) is 6.79. The number of hydrogen-bond acceptors (Lipinski definition) is 2. The van der Waals surface area contributed by atoms with Gasteiger partial charge in [0.2, 0.25) is 5.91 Å². The first-order valence-electron chi connectivity index (χ1n) is 7.72. The van der Waals surface area contributed by atoms with E-state index in [0.29, 0.717) is 13.0 Å². The van der Waals surface area contributed by atoms with Crippen LogP contribution in [0, 0.1) is 0 Å². The van der Waals surface area contributed by atoms with E-state index in [2.05, 4.69) is 0 Å². The summed E-state index contributed by atoms with van der Waals surface area (Å²) in [5, 5.41) is -0.0352. The van der Waals surface area contributed by atoms with Crippen molar-refractivity contribution in [3.05, 3.63) is 22.5 Å². The highest BCUT2D eigenvalue weighted by Crippen LogP contribution is 2.40. The van der Waals surface area contributed by atoms with Gasteiger partial charge in [-0.05, 0) is 56.1 Å². The monoisotopic (exact) mass is 290 g/mol. The summed E-state index contributed by atoms with van der Waals surface area (Å²) in [5.74, 6) is 0.193.